The lowest BCUT2D eigenvalue weighted by Crippen LogP contribution is -2.44. The van der Waals surface area contributed by atoms with Crippen molar-refractivity contribution >= 4 is 14.3 Å². The smallest absolute Gasteiger partial charge is 0.337 e. The van der Waals surface area contributed by atoms with Crippen LogP contribution in [0.15, 0.2) is 54.6 Å². The molecule has 0 aromatic heterocycles. The summed E-state index contributed by atoms with van der Waals surface area (Å²) in [7, 11) is -1.87. The van der Waals surface area contributed by atoms with E-state index >= 15 is 0 Å². The number of carbonyl (C=O) groups is 1. The minimum absolute atomic E-state index is 0.367. The molecular formula is C20H26N2O3Si. The fourth-order valence-corrected chi connectivity index (χ4v) is 3.83. The van der Waals surface area contributed by atoms with Gasteiger partial charge in [0.1, 0.15) is 11.5 Å². The van der Waals surface area contributed by atoms with Gasteiger partial charge >= 0.3 is 6.03 Å². The van der Waals surface area contributed by atoms with Gasteiger partial charge < -0.3 is 15.0 Å². The molecule has 3 rings (SSSR count). The molecule has 2 unspecified atom stereocenters. The van der Waals surface area contributed by atoms with E-state index < -0.39 is 14.3 Å². The maximum absolute atomic E-state index is 11.7. The largest absolute Gasteiger partial charge is 0.457 e. The second-order valence-electron chi connectivity index (χ2n) is 7.69. The molecular weight excluding hydrogens is 344 g/mol. The van der Waals surface area contributed by atoms with E-state index in [-0.39, 0.29) is 0 Å². The highest BCUT2D eigenvalue weighted by Crippen LogP contribution is 2.48. The van der Waals surface area contributed by atoms with Crippen LogP contribution in [0.4, 0.5) is 4.79 Å². The molecule has 2 aromatic rings. The molecule has 2 amide bonds. The Hall–Kier alpha value is -2.31. The molecule has 1 aliphatic carbocycles. The average Bonchev–Trinajstić information content (AvgIpc) is 3.33. The van der Waals surface area contributed by atoms with E-state index in [0.29, 0.717) is 18.4 Å². The van der Waals surface area contributed by atoms with Gasteiger partial charge in [-0.15, -0.1) is 0 Å². The van der Waals surface area contributed by atoms with Gasteiger partial charge in [-0.3, -0.25) is 0 Å². The van der Waals surface area contributed by atoms with E-state index in [1.165, 1.54) is 10.6 Å². The van der Waals surface area contributed by atoms with Crippen LogP contribution in [0.1, 0.15) is 17.9 Å². The van der Waals surface area contributed by atoms with Gasteiger partial charge in [-0.05, 0) is 67.7 Å². The van der Waals surface area contributed by atoms with Gasteiger partial charge in [0.15, 0.2) is 0 Å². The van der Waals surface area contributed by atoms with Crippen molar-refractivity contribution in [1.82, 2.24) is 5.06 Å². The number of carbonyl (C=O) groups excluding carboxylic acids is 1. The van der Waals surface area contributed by atoms with Crippen LogP contribution in [0.3, 0.4) is 0 Å². The van der Waals surface area contributed by atoms with E-state index in [9.17, 15) is 4.79 Å². The van der Waals surface area contributed by atoms with Crippen LogP contribution in [0.2, 0.25) is 19.6 Å². The van der Waals surface area contributed by atoms with Crippen molar-refractivity contribution in [1.29, 1.82) is 0 Å². The minimum atomic E-state index is -1.87. The van der Waals surface area contributed by atoms with Gasteiger partial charge in [-0.25, -0.2) is 9.86 Å². The molecule has 0 saturated heterocycles. The Morgan fingerprint density at radius 3 is 2.46 bits per heavy atom. The number of nitrogens with two attached hydrogens (primary N) is 1. The Balaban J connectivity index is 1.62. The quantitative estimate of drug-likeness (QED) is 0.566. The summed E-state index contributed by atoms with van der Waals surface area (Å²) in [5.41, 5.74) is 6.70. The third-order valence-corrected chi connectivity index (χ3v) is 4.99. The molecule has 0 heterocycles. The lowest BCUT2D eigenvalue weighted by Gasteiger charge is -2.27. The van der Waals surface area contributed by atoms with Crippen LogP contribution in [0.25, 0.3) is 0 Å². The SMILES string of the molecule is C[Si](C)(C)ON(CC1CC1c1cccc(Oc2ccccc2)c1)C(N)=O. The number of rotatable bonds is 7. The first kappa shape index (κ1) is 18.5. The molecule has 0 aliphatic heterocycles. The van der Waals surface area contributed by atoms with Crippen molar-refractivity contribution in [2.45, 2.75) is 32.0 Å². The molecule has 1 saturated carbocycles. The molecule has 0 radical (unpaired) electrons. The second-order valence-corrected chi connectivity index (χ2v) is 12.1. The van der Waals surface area contributed by atoms with E-state index in [2.05, 4.69) is 12.1 Å². The highest BCUT2D eigenvalue weighted by Gasteiger charge is 2.41. The standard InChI is InChI=1S/C20H26N2O3Si/c1-26(2,3)25-22(20(21)23)14-16-13-19(16)15-8-7-11-18(12-15)24-17-9-5-4-6-10-17/h4-12,16,19H,13-14H2,1-3H3,(H2,21,23). The molecule has 2 N–H and O–H groups in total. The number of primary amides is 1. The first-order chi connectivity index (χ1) is 12.3. The number of hydrogen-bond acceptors (Lipinski definition) is 3. The fraction of sp³-hybridized carbons (Fsp3) is 0.350. The fourth-order valence-electron chi connectivity index (χ4n) is 3.01. The molecule has 2 atom stereocenters. The molecule has 2 aromatic carbocycles. The van der Waals surface area contributed by atoms with Gasteiger partial charge in [0.25, 0.3) is 0 Å². The second kappa shape index (κ2) is 7.51. The Morgan fingerprint density at radius 1 is 1.12 bits per heavy atom. The van der Waals surface area contributed by atoms with Crippen molar-refractivity contribution in [3.63, 3.8) is 0 Å². The Labute approximate surface area is 155 Å². The monoisotopic (exact) mass is 370 g/mol. The van der Waals surface area contributed by atoms with Crippen LogP contribution in [-0.4, -0.2) is 26.0 Å². The predicted octanol–water partition coefficient (Wildman–Crippen LogP) is 4.73. The summed E-state index contributed by atoms with van der Waals surface area (Å²) in [6.45, 7) is 6.65. The number of hydroxylamine groups is 2. The number of para-hydroxylation sites is 1. The number of ether oxygens (including phenoxy) is 1. The third-order valence-electron chi connectivity index (χ3n) is 4.22. The van der Waals surface area contributed by atoms with E-state index in [4.69, 9.17) is 15.0 Å². The molecule has 1 fully saturated rings. The molecule has 5 nitrogen and oxygen atoms in total. The highest BCUT2D eigenvalue weighted by atomic mass is 28.4. The molecule has 6 heteroatoms. The van der Waals surface area contributed by atoms with Gasteiger partial charge in [0, 0.05) is 0 Å². The summed E-state index contributed by atoms with van der Waals surface area (Å²) in [5, 5.41) is 1.35. The maximum Gasteiger partial charge on any atom is 0.337 e. The number of benzene rings is 2. The van der Waals surface area contributed by atoms with Gasteiger partial charge in [-0.2, -0.15) is 0 Å². The first-order valence-electron chi connectivity index (χ1n) is 8.91. The van der Waals surface area contributed by atoms with Crippen LogP contribution >= 0.6 is 0 Å². The summed E-state index contributed by atoms with van der Waals surface area (Å²) < 4.78 is 11.7. The Bertz CT molecular complexity index is 761. The number of nitrogens with zero attached hydrogens (tertiary/aromatic N) is 1. The lowest BCUT2D eigenvalue weighted by molar-refractivity contribution is -0.0219. The normalized spacial score (nSPS) is 19.0. The summed E-state index contributed by atoms with van der Waals surface area (Å²) in [6.07, 6.45) is 1.02. The zero-order valence-electron chi connectivity index (χ0n) is 15.5. The molecule has 138 valence electrons. The van der Waals surface area contributed by atoms with Crippen LogP contribution in [0.5, 0.6) is 11.5 Å². The maximum atomic E-state index is 11.7. The molecule has 0 spiro atoms. The average molecular weight is 371 g/mol. The van der Waals surface area contributed by atoms with E-state index in [0.717, 1.165) is 17.9 Å². The van der Waals surface area contributed by atoms with Gasteiger partial charge in [-0.1, -0.05) is 30.3 Å². The summed E-state index contributed by atoms with van der Waals surface area (Å²) in [6, 6.07) is 17.4. The number of amides is 2. The molecule has 1 aliphatic rings. The Kier molecular flexibility index (Phi) is 5.34. The summed E-state index contributed by atoms with van der Waals surface area (Å²) >= 11 is 0. The van der Waals surface area contributed by atoms with Crippen molar-refractivity contribution in [3.8, 4) is 11.5 Å². The number of hydrogen-bond donors (Lipinski definition) is 1. The zero-order valence-corrected chi connectivity index (χ0v) is 16.5. The first-order valence-corrected chi connectivity index (χ1v) is 12.3. The van der Waals surface area contributed by atoms with Crippen molar-refractivity contribution < 1.29 is 14.1 Å². The lowest BCUT2D eigenvalue weighted by atomic mass is 10.1. The molecule has 26 heavy (non-hydrogen) atoms. The van der Waals surface area contributed by atoms with Gasteiger partial charge in [0.2, 0.25) is 8.32 Å². The van der Waals surface area contributed by atoms with Crippen molar-refractivity contribution in [3.05, 3.63) is 60.2 Å². The summed E-state index contributed by atoms with van der Waals surface area (Å²) in [5.74, 6) is 2.41. The van der Waals surface area contributed by atoms with Crippen LogP contribution < -0.4 is 10.5 Å². The topological polar surface area (TPSA) is 64.8 Å². The molecule has 0 bridgehead atoms. The van der Waals surface area contributed by atoms with E-state index in [1.54, 1.807) is 0 Å². The zero-order chi connectivity index (χ0) is 18.7. The van der Waals surface area contributed by atoms with E-state index in [1.807, 2.05) is 62.1 Å². The van der Waals surface area contributed by atoms with Crippen LogP contribution in [-0.2, 0) is 4.53 Å². The number of urea groups is 1. The summed E-state index contributed by atoms with van der Waals surface area (Å²) in [4.78, 5) is 11.7. The van der Waals surface area contributed by atoms with Crippen molar-refractivity contribution in [2.75, 3.05) is 6.54 Å². The Morgan fingerprint density at radius 2 is 1.81 bits per heavy atom. The predicted molar refractivity (Wildman–Crippen MR) is 105 cm³/mol. The van der Waals surface area contributed by atoms with Crippen molar-refractivity contribution in [2.24, 2.45) is 11.7 Å². The van der Waals surface area contributed by atoms with Crippen LogP contribution in [0, 0.1) is 5.92 Å². The highest BCUT2D eigenvalue weighted by molar-refractivity contribution is 6.69. The van der Waals surface area contributed by atoms with Gasteiger partial charge in [0.05, 0.1) is 6.54 Å². The third kappa shape index (κ3) is 5.09. The minimum Gasteiger partial charge on any atom is -0.457 e.